The fraction of sp³-hybridized carbons (Fsp3) is 0.423. The van der Waals surface area contributed by atoms with E-state index in [4.69, 9.17) is 14.2 Å². The number of rotatable bonds is 12. The maximum absolute atomic E-state index is 12.6. The van der Waals surface area contributed by atoms with Crippen molar-refractivity contribution >= 4 is 33.2 Å². The molecule has 1 unspecified atom stereocenters. The summed E-state index contributed by atoms with van der Waals surface area (Å²) in [6.45, 7) is 0.552. The first-order valence-electron chi connectivity index (χ1n) is 12.1. The Hall–Kier alpha value is -3.38. The van der Waals surface area contributed by atoms with E-state index in [-0.39, 0.29) is 30.4 Å². The fourth-order valence-electron chi connectivity index (χ4n) is 4.00. The number of fused-ring (bicyclic) bond motifs is 1. The highest BCUT2D eigenvalue weighted by molar-refractivity contribution is 7.16. The monoisotopic (exact) mass is 552 g/mol. The minimum Gasteiger partial charge on any atom is -0.492 e. The molecule has 8 nitrogen and oxygen atoms in total. The average Bonchev–Trinajstić information content (AvgIpc) is 3.66. The summed E-state index contributed by atoms with van der Waals surface area (Å²) in [5.41, 5.74) is 2.79. The van der Waals surface area contributed by atoms with Crippen LogP contribution in [0.2, 0.25) is 0 Å². The summed E-state index contributed by atoms with van der Waals surface area (Å²) in [4.78, 5) is 24.5. The Balaban J connectivity index is 1.35. The van der Waals surface area contributed by atoms with Gasteiger partial charge in [-0.15, -0.1) is 0 Å². The van der Waals surface area contributed by atoms with Crippen LogP contribution in [0.3, 0.4) is 0 Å². The molecule has 4 rings (SSSR count). The highest BCUT2D eigenvalue weighted by Gasteiger charge is 2.32. The maximum atomic E-state index is 12.6. The molecule has 204 valence electrons. The lowest BCUT2D eigenvalue weighted by Gasteiger charge is -2.18. The first kappa shape index (κ1) is 27.6. The van der Waals surface area contributed by atoms with Gasteiger partial charge in [0.25, 0.3) is 0 Å². The maximum Gasteiger partial charge on any atom is 0.411 e. The van der Waals surface area contributed by atoms with Gasteiger partial charge in [-0.05, 0) is 49.6 Å². The second-order valence-electron chi connectivity index (χ2n) is 8.83. The van der Waals surface area contributed by atoms with Gasteiger partial charge >= 0.3 is 17.0 Å². The molecule has 1 atom stereocenters. The summed E-state index contributed by atoms with van der Waals surface area (Å²) in [5.74, 6) is -0.0923. The summed E-state index contributed by atoms with van der Waals surface area (Å²) in [6, 6.07) is 12.1. The molecule has 1 aliphatic rings. The van der Waals surface area contributed by atoms with Crippen molar-refractivity contribution in [1.29, 1.82) is 0 Å². The SMILES string of the molecule is CCOC(=O)C(Cc1ccc(OCCn2c(=O)sc3cc(/C(=N\O)C4CC4)ccc32)cc1)OCC(F)(F)F. The molecule has 1 N–H and O–H groups in total. The van der Waals surface area contributed by atoms with Gasteiger partial charge in [-0.3, -0.25) is 9.36 Å². The molecule has 0 spiro atoms. The van der Waals surface area contributed by atoms with E-state index < -0.39 is 24.9 Å². The van der Waals surface area contributed by atoms with Crippen LogP contribution in [0, 0.1) is 5.92 Å². The van der Waals surface area contributed by atoms with Gasteiger partial charge in [-0.25, -0.2) is 4.79 Å². The molecule has 1 saturated carbocycles. The number of thiazole rings is 1. The van der Waals surface area contributed by atoms with Crippen molar-refractivity contribution in [2.75, 3.05) is 19.8 Å². The van der Waals surface area contributed by atoms with Crippen LogP contribution in [0.4, 0.5) is 13.2 Å². The number of oxime groups is 1. The van der Waals surface area contributed by atoms with Crippen LogP contribution in [0.25, 0.3) is 10.2 Å². The molecule has 3 aromatic rings. The van der Waals surface area contributed by atoms with Gasteiger partial charge in [0.1, 0.15) is 19.0 Å². The third-order valence-corrected chi connectivity index (χ3v) is 6.90. The molecule has 0 radical (unpaired) electrons. The number of aromatic nitrogens is 1. The molecule has 0 saturated heterocycles. The molecule has 0 aliphatic heterocycles. The van der Waals surface area contributed by atoms with Crippen LogP contribution < -0.4 is 9.61 Å². The number of esters is 1. The first-order chi connectivity index (χ1) is 18.2. The molecular formula is C26H27F3N2O6S. The van der Waals surface area contributed by atoms with Gasteiger partial charge < -0.3 is 19.4 Å². The van der Waals surface area contributed by atoms with Crippen LogP contribution in [-0.4, -0.2) is 53.6 Å². The molecule has 1 aliphatic carbocycles. The Morgan fingerprint density at radius 1 is 1.21 bits per heavy atom. The average molecular weight is 553 g/mol. The summed E-state index contributed by atoms with van der Waals surface area (Å²) >= 11 is 1.11. The van der Waals surface area contributed by atoms with Crippen molar-refractivity contribution in [1.82, 2.24) is 4.57 Å². The highest BCUT2D eigenvalue weighted by atomic mass is 32.1. The summed E-state index contributed by atoms with van der Waals surface area (Å²) in [7, 11) is 0. The number of carbonyl (C=O) groups excluding carboxylic acids is 1. The topological polar surface area (TPSA) is 99.4 Å². The minimum atomic E-state index is -4.56. The van der Waals surface area contributed by atoms with Crippen molar-refractivity contribution in [2.24, 2.45) is 11.1 Å². The number of hydrogen-bond donors (Lipinski definition) is 1. The van der Waals surface area contributed by atoms with Gasteiger partial charge in [0.15, 0.2) is 6.10 Å². The second kappa shape index (κ2) is 12.0. The lowest BCUT2D eigenvalue weighted by molar-refractivity contribution is -0.194. The molecule has 38 heavy (non-hydrogen) atoms. The van der Waals surface area contributed by atoms with Crippen LogP contribution in [0.15, 0.2) is 52.4 Å². The number of ether oxygens (including phenoxy) is 3. The van der Waals surface area contributed by atoms with E-state index in [1.165, 1.54) is 0 Å². The van der Waals surface area contributed by atoms with Gasteiger partial charge in [-0.2, -0.15) is 13.2 Å². The van der Waals surface area contributed by atoms with E-state index in [0.29, 0.717) is 23.6 Å². The quantitative estimate of drug-likeness (QED) is 0.150. The standard InChI is InChI=1S/C26H27F3N2O6S/c1-2-35-24(32)21(37-15-26(27,28)29)13-16-3-8-19(9-4-16)36-12-11-31-20-10-7-18(14-22(20)38-25(31)33)23(30-34)17-5-6-17/h3-4,7-10,14,17,21,34H,2,5-6,11-13,15H2,1H3/b30-23-. The number of benzene rings is 2. The number of carbonyl (C=O) groups is 1. The Labute approximate surface area is 220 Å². The van der Waals surface area contributed by atoms with Crippen molar-refractivity contribution in [3.05, 3.63) is 63.3 Å². The number of hydrogen-bond acceptors (Lipinski definition) is 8. The molecule has 1 aromatic heterocycles. The van der Waals surface area contributed by atoms with E-state index in [1.807, 2.05) is 18.2 Å². The molecule has 12 heteroatoms. The molecule has 0 bridgehead atoms. The highest BCUT2D eigenvalue weighted by Crippen LogP contribution is 2.34. The van der Waals surface area contributed by atoms with Crippen molar-refractivity contribution in [2.45, 2.75) is 45.0 Å². The van der Waals surface area contributed by atoms with E-state index in [9.17, 15) is 28.0 Å². The zero-order chi connectivity index (χ0) is 27.3. The molecule has 2 aromatic carbocycles. The van der Waals surface area contributed by atoms with Gasteiger partial charge in [-0.1, -0.05) is 34.7 Å². The lowest BCUT2D eigenvalue weighted by Crippen LogP contribution is -2.32. The predicted octanol–water partition coefficient (Wildman–Crippen LogP) is 4.78. The zero-order valence-corrected chi connectivity index (χ0v) is 21.4. The smallest absolute Gasteiger partial charge is 0.411 e. The molecular weight excluding hydrogens is 525 g/mol. The molecule has 1 fully saturated rings. The second-order valence-corrected chi connectivity index (χ2v) is 9.82. The van der Waals surface area contributed by atoms with Crippen molar-refractivity contribution in [3.8, 4) is 5.75 Å². The third-order valence-electron chi connectivity index (χ3n) is 5.96. The minimum absolute atomic E-state index is 0.0274. The largest absolute Gasteiger partial charge is 0.492 e. The van der Waals surface area contributed by atoms with E-state index in [1.54, 1.807) is 35.8 Å². The van der Waals surface area contributed by atoms with E-state index in [0.717, 1.165) is 40.0 Å². The van der Waals surface area contributed by atoms with E-state index >= 15 is 0 Å². The normalized spacial score (nSPS) is 15.0. The Morgan fingerprint density at radius 3 is 2.58 bits per heavy atom. The summed E-state index contributed by atoms with van der Waals surface area (Å²) in [5, 5.41) is 12.8. The van der Waals surface area contributed by atoms with Crippen LogP contribution in [0.1, 0.15) is 30.9 Å². The fourth-order valence-corrected chi connectivity index (χ4v) is 4.96. The number of alkyl halides is 3. The Morgan fingerprint density at radius 2 is 1.95 bits per heavy atom. The summed E-state index contributed by atoms with van der Waals surface area (Å²) < 4.78 is 55.4. The first-order valence-corrected chi connectivity index (χ1v) is 12.9. The van der Waals surface area contributed by atoms with E-state index in [2.05, 4.69) is 5.16 Å². The molecule has 1 heterocycles. The van der Waals surface area contributed by atoms with Gasteiger partial charge in [0.2, 0.25) is 0 Å². The van der Waals surface area contributed by atoms with Crippen LogP contribution in [-0.2, 0) is 27.2 Å². The van der Waals surface area contributed by atoms with Crippen LogP contribution >= 0.6 is 11.3 Å². The van der Waals surface area contributed by atoms with Crippen molar-refractivity contribution < 1.29 is 37.4 Å². The van der Waals surface area contributed by atoms with Crippen LogP contribution in [0.5, 0.6) is 5.75 Å². The predicted molar refractivity (Wildman–Crippen MR) is 135 cm³/mol. The Bertz CT molecular complexity index is 1350. The number of halogens is 3. The van der Waals surface area contributed by atoms with Crippen molar-refractivity contribution in [3.63, 3.8) is 0 Å². The Kier molecular flexibility index (Phi) is 8.72. The van der Waals surface area contributed by atoms with Gasteiger partial charge in [0.05, 0.1) is 29.1 Å². The number of nitrogens with zero attached hydrogens (tertiary/aromatic N) is 2. The summed E-state index contributed by atoms with van der Waals surface area (Å²) in [6.07, 6.45) is -4.05. The zero-order valence-electron chi connectivity index (χ0n) is 20.6. The third kappa shape index (κ3) is 7.13. The molecule has 0 amide bonds. The van der Waals surface area contributed by atoms with Gasteiger partial charge in [0, 0.05) is 17.9 Å². The lowest BCUT2D eigenvalue weighted by atomic mass is 10.1.